The van der Waals surface area contributed by atoms with E-state index in [9.17, 15) is 19.8 Å². The van der Waals surface area contributed by atoms with Crippen LogP contribution in [0.2, 0.25) is 0 Å². The summed E-state index contributed by atoms with van der Waals surface area (Å²) in [5.74, 6) is -0.254. The molecule has 3 fully saturated rings. The van der Waals surface area contributed by atoms with Gasteiger partial charge in [0, 0.05) is 25.9 Å². The highest BCUT2D eigenvalue weighted by molar-refractivity contribution is 5.98. The maximum absolute atomic E-state index is 12.0. The minimum absolute atomic E-state index is 0.127. The molecule has 6 nitrogen and oxygen atoms in total. The Morgan fingerprint density at radius 2 is 1.25 bits per heavy atom. The zero-order chi connectivity index (χ0) is 11.4. The van der Waals surface area contributed by atoms with Gasteiger partial charge in [0.15, 0.2) is 0 Å². The van der Waals surface area contributed by atoms with Crippen LogP contribution in [0.1, 0.15) is 12.8 Å². The number of carbonyl (C=O) groups is 2. The van der Waals surface area contributed by atoms with Gasteiger partial charge in [0.2, 0.25) is 11.8 Å². The Hall–Kier alpha value is -1.14. The molecular weight excluding hydrogens is 212 g/mol. The third-order valence-electron chi connectivity index (χ3n) is 3.69. The minimum Gasteiger partial charge on any atom is -0.391 e. The lowest BCUT2D eigenvalue weighted by Crippen LogP contribution is -2.60. The van der Waals surface area contributed by atoms with E-state index in [4.69, 9.17) is 0 Å². The molecule has 2 unspecified atom stereocenters. The van der Waals surface area contributed by atoms with Crippen LogP contribution in [-0.4, -0.2) is 69.2 Å². The molecule has 2 N–H and O–H groups in total. The Labute approximate surface area is 92.4 Å². The number of aliphatic hydroxyl groups is 2. The second kappa shape index (κ2) is 3.18. The van der Waals surface area contributed by atoms with Crippen LogP contribution in [0, 0.1) is 0 Å². The van der Waals surface area contributed by atoms with Gasteiger partial charge in [-0.05, 0) is 0 Å². The van der Waals surface area contributed by atoms with Gasteiger partial charge in [-0.2, -0.15) is 0 Å². The first kappa shape index (κ1) is 10.0. The Balaban J connectivity index is 1.92. The molecule has 6 heteroatoms. The average Bonchev–Trinajstić information content (AvgIpc) is 2.78. The van der Waals surface area contributed by atoms with E-state index in [0.717, 1.165) is 0 Å². The first-order valence-electron chi connectivity index (χ1n) is 5.55. The molecule has 0 aromatic heterocycles. The number of rotatable bonds is 0. The predicted molar refractivity (Wildman–Crippen MR) is 52.2 cm³/mol. The summed E-state index contributed by atoms with van der Waals surface area (Å²) in [6.45, 7) is 0.491. The molecule has 0 bridgehead atoms. The maximum Gasteiger partial charge on any atom is 0.246 e. The van der Waals surface area contributed by atoms with Crippen molar-refractivity contribution in [1.82, 2.24) is 9.80 Å². The van der Waals surface area contributed by atoms with E-state index >= 15 is 0 Å². The molecule has 3 heterocycles. The van der Waals surface area contributed by atoms with Gasteiger partial charge in [-0.25, -0.2) is 0 Å². The van der Waals surface area contributed by atoms with E-state index in [0.29, 0.717) is 12.8 Å². The smallest absolute Gasteiger partial charge is 0.246 e. The summed E-state index contributed by atoms with van der Waals surface area (Å²) in [5.41, 5.74) is 0. The van der Waals surface area contributed by atoms with E-state index in [1.807, 2.05) is 0 Å². The van der Waals surface area contributed by atoms with Crippen molar-refractivity contribution in [3.63, 3.8) is 0 Å². The first-order valence-corrected chi connectivity index (χ1v) is 5.55. The predicted octanol–water partition coefficient (Wildman–Crippen LogP) is -2.08. The van der Waals surface area contributed by atoms with E-state index in [1.54, 1.807) is 0 Å². The summed E-state index contributed by atoms with van der Waals surface area (Å²) in [6.07, 6.45) is -0.543. The number of amides is 2. The van der Waals surface area contributed by atoms with Crippen LogP contribution in [0.3, 0.4) is 0 Å². The van der Waals surface area contributed by atoms with Crippen molar-refractivity contribution in [3.8, 4) is 0 Å². The van der Waals surface area contributed by atoms with Gasteiger partial charge in [0.25, 0.3) is 0 Å². The molecular formula is C10H14N2O4. The standard InChI is InChI=1S/C10H14N2O4/c13-5-1-7-9(15)12-4-6(14)2-8(12)10(16)11(7)3-5/h5-8,13-14H,1-4H2/t5-,6-,7?,8?/m1/s1. The van der Waals surface area contributed by atoms with Gasteiger partial charge in [-0.1, -0.05) is 0 Å². The van der Waals surface area contributed by atoms with Crippen LogP contribution in [0.25, 0.3) is 0 Å². The Morgan fingerprint density at radius 3 is 1.62 bits per heavy atom. The Morgan fingerprint density at radius 1 is 0.875 bits per heavy atom. The van der Waals surface area contributed by atoms with Gasteiger partial charge >= 0.3 is 0 Å². The highest BCUT2D eigenvalue weighted by atomic mass is 16.3. The van der Waals surface area contributed by atoms with Gasteiger partial charge in [0.05, 0.1) is 12.2 Å². The van der Waals surface area contributed by atoms with Gasteiger partial charge in [-0.3, -0.25) is 9.59 Å². The lowest BCUT2D eigenvalue weighted by Gasteiger charge is -2.38. The topological polar surface area (TPSA) is 81.1 Å². The molecule has 88 valence electrons. The van der Waals surface area contributed by atoms with Crippen LogP contribution in [0.5, 0.6) is 0 Å². The Kier molecular flexibility index (Phi) is 1.99. The van der Waals surface area contributed by atoms with Crippen LogP contribution in [0.4, 0.5) is 0 Å². The third kappa shape index (κ3) is 1.20. The van der Waals surface area contributed by atoms with Crippen molar-refractivity contribution < 1.29 is 19.8 Å². The zero-order valence-corrected chi connectivity index (χ0v) is 8.74. The molecule has 16 heavy (non-hydrogen) atoms. The van der Waals surface area contributed by atoms with Crippen molar-refractivity contribution in [2.24, 2.45) is 0 Å². The van der Waals surface area contributed by atoms with E-state index in [-0.39, 0.29) is 24.9 Å². The molecule has 0 aromatic rings. The SMILES string of the molecule is O=C1C2C[C@@H](O)CN2C(=O)C2C[C@@H](O)CN12. The molecule has 0 radical (unpaired) electrons. The highest BCUT2D eigenvalue weighted by Crippen LogP contribution is 2.32. The van der Waals surface area contributed by atoms with Gasteiger partial charge in [0.1, 0.15) is 12.1 Å². The van der Waals surface area contributed by atoms with Crippen molar-refractivity contribution in [1.29, 1.82) is 0 Å². The number of hydrogen-bond acceptors (Lipinski definition) is 4. The summed E-state index contributed by atoms with van der Waals surface area (Å²) in [5, 5.41) is 19.0. The normalized spacial score (nSPS) is 42.6. The number of hydrogen-bond donors (Lipinski definition) is 2. The van der Waals surface area contributed by atoms with E-state index in [2.05, 4.69) is 0 Å². The molecule has 2 amide bonds. The molecule has 0 spiro atoms. The van der Waals surface area contributed by atoms with Crippen LogP contribution >= 0.6 is 0 Å². The van der Waals surface area contributed by atoms with Crippen molar-refractivity contribution in [2.75, 3.05) is 13.1 Å². The fraction of sp³-hybridized carbons (Fsp3) is 0.800. The van der Waals surface area contributed by atoms with Gasteiger partial charge in [-0.15, -0.1) is 0 Å². The molecule has 3 saturated heterocycles. The summed E-state index contributed by atoms with van der Waals surface area (Å²) in [4.78, 5) is 27.0. The lowest BCUT2D eigenvalue weighted by atomic mass is 10.1. The van der Waals surface area contributed by atoms with E-state index in [1.165, 1.54) is 9.80 Å². The average molecular weight is 226 g/mol. The van der Waals surface area contributed by atoms with Crippen LogP contribution in [-0.2, 0) is 9.59 Å². The monoisotopic (exact) mass is 226 g/mol. The van der Waals surface area contributed by atoms with Crippen molar-refractivity contribution in [2.45, 2.75) is 37.1 Å². The largest absolute Gasteiger partial charge is 0.391 e. The minimum atomic E-state index is -0.595. The molecule has 0 saturated carbocycles. The second-order valence-electron chi connectivity index (χ2n) is 4.79. The molecule has 0 aromatic carbocycles. The van der Waals surface area contributed by atoms with Gasteiger partial charge < -0.3 is 20.0 Å². The summed E-state index contributed by atoms with van der Waals surface area (Å²) < 4.78 is 0. The molecule has 3 rings (SSSR count). The van der Waals surface area contributed by atoms with Crippen molar-refractivity contribution >= 4 is 11.8 Å². The fourth-order valence-corrected chi connectivity index (χ4v) is 2.97. The Bertz CT molecular complexity index is 297. The number of piperazine rings is 1. The second-order valence-corrected chi connectivity index (χ2v) is 4.79. The summed E-state index contributed by atoms with van der Waals surface area (Å²) in [6, 6.07) is -1.02. The molecule has 4 atom stereocenters. The number of aliphatic hydroxyl groups excluding tert-OH is 2. The van der Waals surface area contributed by atoms with Crippen molar-refractivity contribution in [3.05, 3.63) is 0 Å². The zero-order valence-electron chi connectivity index (χ0n) is 8.74. The van der Waals surface area contributed by atoms with E-state index < -0.39 is 24.3 Å². The van der Waals surface area contributed by atoms with Crippen LogP contribution in [0.15, 0.2) is 0 Å². The third-order valence-corrected chi connectivity index (χ3v) is 3.69. The molecule has 3 aliphatic heterocycles. The fourth-order valence-electron chi connectivity index (χ4n) is 2.97. The highest BCUT2D eigenvalue weighted by Gasteiger charge is 2.53. The van der Waals surface area contributed by atoms with Crippen LogP contribution < -0.4 is 0 Å². The molecule has 0 aliphatic carbocycles. The number of nitrogens with zero attached hydrogens (tertiary/aromatic N) is 2. The molecule has 3 aliphatic rings. The maximum atomic E-state index is 12.0. The number of carbonyl (C=O) groups excluding carboxylic acids is 2. The quantitative estimate of drug-likeness (QED) is 0.497. The summed E-state index contributed by atoms with van der Waals surface area (Å²) >= 11 is 0. The summed E-state index contributed by atoms with van der Waals surface area (Å²) in [7, 11) is 0. The first-order chi connectivity index (χ1) is 7.58. The number of fused-ring (bicyclic) bond motifs is 2. The lowest BCUT2D eigenvalue weighted by molar-refractivity contribution is -0.157.